The number of hydrogen-bond acceptors (Lipinski definition) is 8. The fraction of sp³-hybridized carbons (Fsp3) is 0.310. The molecule has 2 fully saturated rings. The largest absolute Gasteiger partial charge is 0.457 e. The van der Waals surface area contributed by atoms with Crippen LogP contribution in [0.1, 0.15) is 19.3 Å². The molecule has 1 atom stereocenters. The maximum Gasteiger partial charge on any atom is 0.246 e. The van der Waals surface area contributed by atoms with E-state index in [1.807, 2.05) is 65.6 Å². The van der Waals surface area contributed by atoms with Crippen molar-refractivity contribution in [3.8, 4) is 23.1 Å². The van der Waals surface area contributed by atoms with Gasteiger partial charge in [-0.3, -0.25) is 14.8 Å². The van der Waals surface area contributed by atoms with Crippen molar-refractivity contribution in [2.45, 2.75) is 31.3 Å². The van der Waals surface area contributed by atoms with E-state index >= 15 is 0 Å². The Labute approximate surface area is 226 Å². The van der Waals surface area contributed by atoms with E-state index in [0.717, 1.165) is 18.7 Å². The Kier molecular flexibility index (Phi) is 7.09. The van der Waals surface area contributed by atoms with E-state index in [4.69, 9.17) is 9.47 Å². The van der Waals surface area contributed by atoms with Crippen LogP contribution < -0.4 is 14.8 Å². The van der Waals surface area contributed by atoms with Crippen LogP contribution in [-0.4, -0.2) is 74.6 Å². The summed E-state index contributed by atoms with van der Waals surface area (Å²) in [6, 6.07) is 17.7. The maximum atomic E-state index is 12.7. The molecule has 2 aliphatic rings. The molecule has 39 heavy (non-hydrogen) atoms. The molecule has 1 aliphatic heterocycles. The second-order valence-corrected chi connectivity index (χ2v) is 9.95. The molecule has 10 heteroatoms. The number of likely N-dealkylation sites (tertiary alicyclic amines) is 1. The van der Waals surface area contributed by atoms with Crippen LogP contribution in [0.25, 0.3) is 11.0 Å². The van der Waals surface area contributed by atoms with Gasteiger partial charge < -0.3 is 19.7 Å². The molecule has 0 radical (unpaired) electrons. The number of benzene rings is 2. The number of ether oxygens (including phenoxy) is 2. The predicted molar refractivity (Wildman–Crippen MR) is 148 cm³/mol. The highest BCUT2D eigenvalue weighted by atomic mass is 16.5. The molecule has 3 heterocycles. The normalized spacial score (nSPS) is 17.3. The summed E-state index contributed by atoms with van der Waals surface area (Å²) in [5, 5.41) is 11.5. The highest BCUT2D eigenvalue weighted by Crippen LogP contribution is 2.33. The summed E-state index contributed by atoms with van der Waals surface area (Å²) in [7, 11) is 2.10. The van der Waals surface area contributed by atoms with Gasteiger partial charge in [-0.15, -0.1) is 0 Å². The van der Waals surface area contributed by atoms with Crippen molar-refractivity contribution in [3.63, 3.8) is 0 Å². The molecule has 1 saturated carbocycles. The highest BCUT2D eigenvalue weighted by molar-refractivity contribution is 5.92. The number of rotatable bonds is 10. The van der Waals surface area contributed by atoms with Gasteiger partial charge in [0.05, 0.1) is 0 Å². The molecule has 200 valence electrons. The Morgan fingerprint density at radius 1 is 1.05 bits per heavy atom. The Morgan fingerprint density at radius 3 is 2.56 bits per heavy atom. The summed E-state index contributed by atoms with van der Waals surface area (Å²) >= 11 is 0. The summed E-state index contributed by atoms with van der Waals surface area (Å²) in [4.78, 5) is 25.5. The van der Waals surface area contributed by atoms with Crippen molar-refractivity contribution >= 4 is 22.8 Å². The van der Waals surface area contributed by atoms with Gasteiger partial charge >= 0.3 is 0 Å². The summed E-state index contributed by atoms with van der Waals surface area (Å²) in [5.41, 5.74) is 0.570. The van der Waals surface area contributed by atoms with Crippen LogP contribution in [-0.2, 0) is 4.79 Å². The second kappa shape index (κ2) is 11.1. The smallest absolute Gasteiger partial charge is 0.246 e. The van der Waals surface area contributed by atoms with Crippen molar-refractivity contribution in [2.75, 3.05) is 32.0 Å². The average molecular weight is 526 g/mol. The standard InChI is InChI=1S/C29H31N7O3/c1-35(21-9-10-21)16-5-8-25(37)36-17-15-20(18-36)32-28-26-27(33-34-28)30-19-31-29(26)39-24-13-11-23(12-14-24)38-22-6-3-2-4-7-22/h2-8,11-14,19-21H,9-10,15-18H2,1H3,(H2,30,31,32,33,34)/t20-/m1/s1. The fourth-order valence-corrected chi connectivity index (χ4v) is 4.69. The SMILES string of the molecule is CN(CC=CC(=O)N1CC[C@@H](Nc2n[nH]c3ncnc(Oc4ccc(Oc5ccccc5)cc4)c23)C1)C1CC1. The van der Waals surface area contributed by atoms with Crippen molar-refractivity contribution in [3.05, 3.63) is 73.1 Å². The number of anilines is 1. The molecule has 1 amide bonds. The topological polar surface area (TPSA) is 109 Å². The minimum Gasteiger partial charge on any atom is -0.457 e. The predicted octanol–water partition coefficient (Wildman–Crippen LogP) is 4.60. The summed E-state index contributed by atoms with van der Waals surface area (Å²) in [6.45, 7) is 2.10. The van der Waals surface area contributed by atoms with Crippen LogP contribution >= 0.6 is 0 Å². The molecule has 2 N–H and O–H groups in total. The molecule has 0 bridgehead atoms. The van der Waals surface area contributed by atoms with E-state index in [1.165, 1.54) is 19.2 Å². The Hall–Kier alpha value is -4.44. The quantitative estimate of drug-likeness (QED) is 0.289. The van der Waals surface area contributed by atoms with Gasteiger partial charge in [-0.05, 0) is 62.7 Å². The number of nitrogens with zero attached hydrogens (tertiary/aromatic N) is 5. The number of amides is 1. The molecule has 0 spiro atoms. The second-order valence-electron chi connectivity index (χ2n) is 9.95. The first-order valence-electron chi connectivity index (χ1n) is 13.2. The molecule has 4 aromatic rings. The molecular weight excluding hydrogens is 494 g/mol. The van der Waals surface area contributed by atoms with E-state index < -0.39 is 0 Å². The van der Waals surface area contributed by atoms with Crippen LogP contribution in [0.5, 0.6) is 23.1 Å². The zero-order valence-electron chi connectivity index (χ0n) is 21.8. The van der Waals surface area contributed by atoms with Crippen molar-refractivity contribution in [2.24, 2.45) is 0 Å². The van der Waals surface area contributed by atoms with Gasteiger partial charge in [0.1, 0.15) is 29.0 Å². The van der Waals surface area contributed by atoms with Gasteiger partial charge in [-0.2, -0.15) is 5.10 Å². The number of hydrogen-bond donors (Lipinski definition) is 2. The molecule has 2 aromatic carbocycles. The number of carbonyl (C=O) groups is 1. The van der Waals surface area contributed by atoms with Crippen molar-refractivity contribution in [1.29, 1.82) is 0 Å². The van der Waals surface area contributed by atoms with Gasteiger partial charge in [-0.25, -0.2) is 9.97 Å². The van der Waals surface area contributed by atoms with Gasteiger partial charge in [0.15, 0.2) is 11.5 Å². The third kappa shape index (κ3) is 6.01. The first-order valence-corrected chi connectivity index (χ1v) is 13.2. The Morgan fingerprint density at radius 2 is 1.79 bits per heavy atom. The lowest BCUT2D eigenvalue weighted by Gasteiger charge is -2.16. The molecule has 1 saturated heterocycles. The number of nitrogens with one attached hydrogen (secondary N) is 2. The first kappa shape index (κ1) is 24.9. The zero-order chi connectivity index (χ0) is 26.6. The highest BCUT2D eigenvalue weighted by Gasteiger charge is 2.28. The van der Waals surface area contributed by atoms with E-state index in [1.54, 1.807) is 6.08 Å². The van der Waals surface area contributed by atoms with E-state index in [2.05, 4.69) is 37.4 Å². The number of fused-ring (bicyclic) bond motifs is 1. The van der Waals surface area contributed by atoms with Gasteiger partial charge in [0, 0.05) is 37.8 Å². The van der Waals surface area contributed by atoms with Crippen molar-refractivity contribution in [1.82, 2.24) is 30.0 Å². The van der Waals surface area contributed by atoms with Gasteiger partial charge in [0.2, 0.25) is 11.8 Å². The van der Waals surface area contributed by atoms with Crippen LogP contribution in [0, 0.1) is 0 Å². The fourth-order valence-electron chi connectivity index (χ4n) is 4.69. The third-order valence-electron chi connectivity index (χ3n) is 7.00. The summed E-state index contributed by atoms with van der Waals surface area (Å²) in [6.07, 6.45) is 8.43. The molecular formula is C29H31N7O3. The monoisotopic (exact) mass is 525 g/mol. The van der Waals surface area contributed by atoms with Gasteiger partial charge in [0.25, 0.3) is 0 Å². The molecule has 1 aliphatic carbocycles. The van der Waals surface area contributed by atoms with Crippen LogP contribution in [0.15, 0.2) is 73.1 Å². The van der Waals surface area contributed by atoms with E-state index in [9.17, 15) is 4.79 Å². The first-order chi connectivity index (χ1) is 19.1. The van der Waals surface area contributed by atoms with E-state index in [-0.39, 0.29) is 11.9 Å². The number of aromatic nitrogens is 4. The Bertz CT molecular complexity index is 1450. The number of para-hydroxylation sites is 1. The number of aromatic amines is 1. The van der Waals surface area contributed by atoms with Crippen LogP contribution in [0.2, 0.25) is 0 Å². The lowest BCUT2D eigenvalue weighted by Crippen LogP contribution is -2.30. The lowest BCUT2D eigenvalue weighted by molar-refractivity contribution is -0.125. The number of likely N-dealkylation sites (N-methyl/N-ethyl adjacent to an activating group) is 1. The molecule has 0 unspecified atom stereocenters. The molecule has 2 aromatic heterocycles. The molecule has 10 nitrogen and oxygen atoms in total. The molecule has 6 rings (SSSR count). The number of carbonyl (C=O) groups excluding carboxylic acids is 1. The maximum absolute atomic E-state index is 12.7. The van der Waals surface area contributed by atoms with Crippen LogP contribution in [0.4, 0.5) is 5.82 Å². The van der Waals surface area contributed by atoms with Gasteiger partial charge in [-0.1, -0.05) is 24.3 Å². The minimum absolute atomic E-state index is 0.0439. The Balaban J connectivity index is 1.09. The van der Waals surface area contributed by atoms with Crippen LogP contribution in [0.3, 0.4) is 0 Å². The summed E-state index contributed by atoms with van der Waals surface area (Å²) < 4.78 is 12.0. The zero-order valence-corrected chi connectivity index (χ0v) is 21.8. The lowest BCUT2D eigenvalue weighted by atomic mass is 10.2. The average Bonchev–Trinajstić information content (AvgIpc) is 3.57. The van der Waals surface area contributed by atoms with Crippen molar-refractivity contribution < 1.29 is 14.3 Å². The summed E-state index contributed by atoms with van der Waals surface area (Å²) in [5.74, 6) is 3.12. The minimum atomic E-state index is 0.0439. The van der Waals surface area contributed by atoms with E-state index in [0.29, 0.717) is 53.4 Å². The third-order valence-corrected chi connectivity index (χ3v) is 7.00. The number of H-pyrrole nitrogens is 1.